The van der Waals surface area contributed by atoms with Crippen LogP contribution in [-0.4, -0.2) is 0 Å². The maximum absolute atomic E-state index is 12.5. The van der Waals surface area contributed by atoms with Gasteiger partial charge in [-0.2, -0.15) is 5.26 Å². The summed E-state index contributed by atoms with van der Waals surface area (Å²) in [5.41, 5.74) is 1.32. The van der Waals surface area contributed by atoms with Crippen LogP contribution in [0.4, 0.5) is 0 Å². The van der Waals surface area contributed by atoms with Crippen LogP contribution < -0.4 is 5.43 Å². The van der Waals surface area contributed by atoms with Crippen LogP contribution in [0.3, 0.4) is 0 Å². The van der Waals surface area contributed by atoms with Gasteiger partial charge in [0.25, 0.3) is 0 Å². The molecular weight excluding hydrogens is 342 g/mol. The normalized spacial score (nSPS) is 17.8. The van der Waals surface area contributed by atoms with E-state index < -0.39 is 0 Å². The second-order valence-electron chi connectivity index (χ2n) is 5.98. The molecule has 22 heavy (non-hydrogen) atoms. The van der Waals surface area contributed by atoms with Crippen LogP contribution in [0.25, 0.3) is 11.0 Å². The summed E-state index contributed by atoms with van der Waals surface area (Å²) < 4.78 is 5.87. The van der Waals surface area contributed by atoms with Gasteiger partial charge in [0.15, 0.2) is 5.43 Å². The highest BCUT2D eigenvalue weighted by Crippen LogP contribution is 2.43. The van der Waals surface area contributed by atoms with E-state index in [-0.39, 0.29) is 16.2 Å². The number of nitrogens with zero attached hydrogens (tertiary/aromatic N) is 1. The maximum atomic E-state index is 12.5. The summed E-state index contributed by atoms with van der Waals surface area (Å²) in [5.74, 6) is 0.706. The lowest BCUT2D eigenvalue weighted by Crippen LogP contribution is -2.19. The Balaban J connectivity index is 2.17. The highest BCUT2D eigenvalue weighted by molar-refractivity contribution is 9.09. The fourth-order valence-electron chi connectivity index (χ4n) is 3.22. The molecule has 0 unspecified atom stereocenters. The number of hydrogen-bond donors (Lipinski definition) is 0. The summed E-state index contributed by atoms with van der Waals surface area (Å²) in [5, 5.41) is 9.53. The number of para-hydroxylation sites is 1. The smallest absolute Gasteiger partial charge is 0.193 e. The lowest BCUT2D eigenvalue weighted by Gasteiger charge is -2.24. The molecule has 4 heteroatoms. The summed E-state index contributed by atoms with van der Waals surface area (Å²) >= 11 is 3.84. The average Bonchev–Trinajstić information content (AvgIpc) is 2.74. The minimum absolute atomic E-state index is 0.0286. The molecule has 0 N–H and O–H groups in total. The van der Waals surface area contributed by atoms with E-state index in [1.165, 1.54) is 12.8 Å². The minimum Gasteiger partial charge on any atom is -0.459 e. The minimum atomic E-state index is -0.253. The molecule has 3 nitrogen and oxygen atoms in total. The molecule has 3 rings (SSSR count). The Labute approximate surface area is 138 Å². The van der Waals surface area contributed by atoms with Crippen LogP contribution in [-0.2, 0) is 10.7 Å². The Bertz CT molecular complexity index is 780. The van der Waals surface area contributed by atoms with Gasteiger partial charge in [0.1, 0.15) is 11.3 Å². The molecular formula is C18H18BrNO2. The predicted octanol–water partition coefficient (Wildman–Crippen LogP) is 4.80. The molecule has 1 aliphatic carbocycles. The number of halogens is 1. The van der Waals surface area contributed by atoms with Crippen molar-refractivity contribution >= 4 is 26.9 Å². The number of hydrogen-bond acceptors (Lipinski definition) is 3. The number of nitriles is 1. The third-order valence-corrected chi connectivity index (χ3v) is 5.63. The van der Waals surface area contributed by atoms with Crippen LogP contribution >= 0.6 is 15.9 Å². The quantitative estimate of drug-likeness (QED) is 0.571. The molecule has 0 radical (unpaired) electrons. The molecule has 0 aliphatic heterocycles. The van der Waals surface area contributed by atoms with Gasteiger partial charge in [-0.3, -0.25) is 4.79 Å². The van der Waals surface area contributed by atoms with E-state index in [2.05, 4.69) is 22.0 Å². The van der Waals surface area contributed by atoms with Gasteiger partial charge < -0.3 is 4.42 Å². The molecule has 114 valence electrons. The predicted molar refractivity (Wildman–Crippen MR) is 90.1 cm³/mol. The van der Waals surface area contributed by atoms with Gasteiger partial charge in [-0.05, 0) is 18.9 Å². The third kappa shape index (κ3) is 2.83. The molecule has 0 amide bonds. The van der Waals surface area contributed by atoms with Gasteiger partial charge in [0, 0.05) is 11.6 Å². The lowest BCUT2D eigenvalue weighted by molar-refractivity contribution is 0.421. The van der Waals surface area contributed by atoms with Gasteiger partial charge in [-0.25, -0.2) is 0 Å². The number of alkyl halides is 1. The lowest BCUT2D eigenvalue weighted by atomic mass is 9.96. The highest BCUT2D eigenvalue weighted by Gasteiger charge is 2.33. The van der Waals surface area contributed by atoms with Gasteiger partial charge in [0.05, 0.1) is 22.2 Å². The second-order valence-corrected chi connectivity index (χ2v) is 7.50. The summed E-state index contributed by atoms with van der Waals surface area (Å²) in [7, 11) is 0. The van der Waals surface area contributed by atoms with Gasteiger partial charge in [-0.1, -0.05) is 53.7 Å². The van der Waals surface area contributed by atoms with E-state index in [4.69, 9.17) is 9.68 Å². The van der Waals surface area contributed by atoms with E-state index in [0.29, 0.717) is 16.7 Å². The van der Waals surface area contributed by atoms with Crippen molar-refractivity contribution in [2.24, 2.45) is 0 Å². The first-order chi connectivity index (χ1) is 10.6. The van der Waals surface area contributed by atoms with Gasteiger partial charge in [-0.15, -0.1) is 0 Å². The molecule has 0 atom stereocenters. The van der Waals surface area contributed by atoms with Crippen LogP contribution in [0.2, 0.25) is 0 Å². The van der Waals surface area contributed by atoms with E-state index >= 15 is 0 Å². The van der Waals surface area contributed by atoms with Crippen molar-refractivity contribution in [2.75, 3.05) is 0 Å². The zero-order chi connectivity index (χ0) is 15.6. The monoisotopic (exact) mass is 359 g/mol. The maximum Gasteiger partial charge on any atom is 0.193 e. The van der Waals surface area contributed by atoms with Gasteiger partial charge >= 0.3 is 0 Å². The first kappa shape index (κ1) is 15.3. The highest BCUT2D eigenvalue weighted by atomic mass is 79.9. The van der Waals surface area contributed by atoms with Crippen molar-refractivity contribution in [1.82, 2.24) is 0 Å². The summed E-state index contributed by atoms with van der Waals surface area (Å²) in [4.78, 5) is 12.5. The number of rotatable bonds is 2. The first-order valence-electron chi connectivity index (χ1n) is 7.76. The van der Waals surface area contributed by atoms with E-state index in [1.54, 1.807) is 18.2 Å². The number of fused-ring (bicyclic) bond motifs is 1. The molecule has 1 aromatic heterocycles. The van der Waals surface area contributed by atoms with Crippen LogP contribution in [0.1, 0.15) is 49.8 Å². The van der Waals surface area contributed by atoms with Crippen LogP contribution in [0.5, 0.6) is 0 Å². The molecule has 1 heterocycles. The van der Waals surface area contributed by atoms with Crippen molar-refractivity contribution < 1.29 is 4.42 Å². The Morgan fingerprint density at radius 1 is 1.23 bits per heavy atom. The molecule has 2 aromatic rings. The van der Waals surface area contributed by atoms with Crippen molar-refractivity contribution in [3.05, 3.63) is 45.8 Å². The van der Waals surface area contributed by atoms with Crippen LogP contribution in [0, 0.1) is 11.3 Å². The molecule has 1 aromatic carbocycles. The third-order valence-electron chi connectivity index (χ3n) is 4.44. The fraction of sp³-hybridized carbons (Fsp3) is 0.444. The molecule has 0 saturated heterocycles. The molecule has 0 spiro atoms. The van der Waals surface area contributed by atoms with E-state index in [1.807, 2.05) is 6.07 Å². The van der Waals surface area contributed by atoms with Gasteiger partial charge in [0.2, 0.25) is 0 Å². The molecule has 1 fully saturated rings. The topological polar surface area (TPSA) is 54.0 Å². The molecule has 0 bridgehead atoms. The van der Waals surface area contributed by atoms with Crippen molar-refractivity contribution in [2.45, 2.75) is 49.3 Å². The Hall–Kier alpha value is -1.60. The summed E-state index contributed by atoms with van der Waals surface area (Å²) in [6.45, 7) is 0. The van der Waals surface area contributed by atoms with Crippen LogP contribution in [0.15, 0.2) is 33.5 Å². The molecule has 1 aliphatic rings. The zero-order valence-corrected chi connectivity index (χ0v) is 14.0. The van der Waals surface area contributed by atoms with Crippen molar-refractivity contribution in [3.63, 3.8) is 0 Å². The summed E-state index contributed by atoms with van der Waals surface area (Å²) in [6.07, 6.45) is 6.91. The Morgan fingerprint density at radius 3 is 2.64 bits per heavy atom. The van der Waals surface area contributed by atoms with Crippen molar-refractivity contribution in [1.29, 1.82) is 5.26 Å². The fourth-order valence-corrected chi connectivity index (χ4v) is 3.97. The standard InChI is InChI=1S/C18H18BrNO2/c19-18(9-3-1-2-4-10-18)16-12-15(21)14-7-5-6-13(8-11-20)17(14)22-16/h5-7,12H,1-4,8-10H2. The zero-order valence-electron chi connectivity index (χ0n) is 12.4. The van der Waals surface area contributed by atoms with Crippen molar-refractivity contribution in [3.8, 4) is 6.07 Å². The Morgan fingerprint density at radius 2 is 1.95 bits per heavy atom. The Kier molecular flexibility index (Phi) is 4.35. The second kappa shape index (κ2) is 6.26. The van der Waals surface area contributed by atoms with E-state index in [9.17, 15) is 4.79 Å². The average molecular weight is 360 g/mol. The molecule has 1 saturated carbocycles. The first-order valence-corrected chi connectivity index (χ1v) is 8.55. The SMILES string of the molecule is N#CCc1cccc2c(=O)cc(C3(Br)CCCCCC3)oc12. The number of benzene rings is 1. The largest absolute Gasteiger partial charge is 0.459 e. The summed E-state index contributed by atoms with van der Waals surface area (Å²) in [6, 6.07) is 9.19. The van der Waals surface area contributed by atoms with E-state index in [0.717, 1.165) is 31.2 Å².